The van der Waals surface area contributed by atoms with E-state index in [4.69, 9.17) is 5.11 Å². The maximum atomic E-state index is 11.2. The summed E-state index contributed by atoms with van der Waals surface area (Å²) < 4.78 is 4.46. The van der Waals surface area contributed by atoms with Crippen LogP contribution in [-0.2, 0) is 9.53 Å². The first-order valence-corrected chi connectivity index (χ1v) is 4.98. The normalized spacial score (nSPS) is 19.1. The van der Waals surface area contributed by atoms with Gasteiger partial charge in [-0.05, 0) is 20.3 Å². The fourth-order valence-electron chi connectivity index (χ4n) is 0.970. The van der Waals surface area contributed by atoms with E-state index in [9.17, 15) is 9.90 Å². The van der Waals surface area contributed by atoms with E-state index in [1.807, 2.05) is 13.8 Å². The van der Waals surface area contributed by atoms with Crippen LogP contribution < -0.4 is 5.32 Å². The van der Waals surface area contributed by atoms with Crippen LogP contribution in [0, 0.1) is 0 Å². The van der Waals surface area contributed by atoms with Gasteiger partial charge in [0.15, 0.2) is 5.60 Å². The molecule has 0 saturated carbocycles. The third-order valence-corrected chi connectivity index (χ3v) is 2.61. The second-order valence-corrected chi connectivity index (χ2v) is 4.19. The SMILES string of the molecule is CCC(C)(CO)NCC(C)(O)C(=O)OC. The van der Waals surface area contributed by atoms with Gasteiger partial charge in [-0.25, -0.2) is 4.79 Å². The lowest BCUT2D eigenvalue weighted by Gasteiger charge is -2.31. The molecule has 15 heavy (non-hydrogen) atoms. The van der Waals surface area contributed by atoms with E-state index in [1.165, 1.54) is 14.0 Å². The van der Waals surface area contributed by atoms with Gasteiger partial charge >= 0.3 is 5.97 Å². The van der Waals surface area contributed by atoms with Crippen LogP contribution in [0.25, 0.3) is 0 Å². The van der Waals surface area contributed by atoms with Gasteiger partial charge in [0.1, 0.15) is 0 Å². The predicted molar refractivity (Wildman–Crippen MR) is 56.4 cm³/mol. The van der Waals surface area contributed by atoms with E-state index in [0.717, 1.165) is 0 Å². The summed E-state index contributed by atoms with van der Waals surface area (Å²) in [4.78, 5) is 11.2. The van der Waals surface area contributed by atoms with Crippen molar-refractivity contribution in [3.8, 4) is 0 Å². The molecule has 2 atom stereocenters. The molecule has 0 aliphatic carbocycles. The topological polar surface area (TPSA) is 78.8 Å². The molecule has 0 heterocycles. The first kappa shape index (κ1) is 14.3. The largest absolute Gasteiger partial charge is 0.467 e. The summed E-state index contributed by atoms with van der Waals surface area (Å²) in [5.74, 6) is -0.689. The molecule has 0 aromatic carbocycles. The number of hydrogen-bond donors (Lipinski definition) is 3. The average Bonchev–Trinajstić information content (AvgIpc) is 2.24. The van der Waals surface area contributed by atoms with E-state index in [1.54, 1.807) is 0 Å². The van der Waals surface area contributed by atoms with Crippen molar-refractivity contribution in [2.45, 2.75) is 38.3 Å². The lowest BCUT2D eigenvalue weighted by molar-refractivity contribution is -0.160. The Hall–Kier alpha value is -0.650. The molecule has 90 valence electrons. The molecular formula is C10H21NO4. The minimum absolute atomic E-state index is 0.0462. The molecule has 0 amide bonds. The van der Waals surface area contributed by atoms with Gasteiger partial charge in [-0.2, -0.15) is 0 Å². The number of rotatable bonds is 6. The molecule has 0 rings (SSSR count). The Morgan fingerprint density at radius 2 is 2.00 bits per heavy atom. The number of esters is 1. The summed E-state index contributed by atoms with van der Waals surface area (Å²) >= 11 is 0. The molecule has 0 aliphatic heterocycles. The fourth-order valence-corrected chi connectivity index (χ4v) is 0.970. The van der Waals surface area contributed by atoms with Gasteiger partial charge in [-0.3, -0.25) is 0 Å². The van der Waals surface area contributed by atoms with Crippen molar-refractivity contribution in [2.24, 2.45) is 0 Å². The Morgan fingerprint density at radius 3 is 2.33 bits per heavy atom. The molecule has 0 aliphatic rings. The van der Waals surface area contributed by atoms with E-state index in [2.05, 4.69) is 10.1 Å². The van der Waals surface area contributed by atoms with Gasteiger partial charge in [0.2, 0.25) is 0 Å². The third kappa shape index (κ3) is 4.15. The highest BCUT2D eigenvalue weighted by Crippen LogP contribution is 2.11. The van der Waals surface area contributed by atoms with Crippen LogP contribution in [0.5, 0.6) is 0 Å². The van der Waals surface area contributed by atoms with E-state index in [-0.39, 0.29) is 13.2 Å². The number of aliphatic hydroxyl groups excluding tert-OH is 1. The molecule has 0 bridgehead atoms. The van der Waals surface area contributed by atoms with Crippen LogP contribution in [0.2, 0.25) is 0 Å². The second-order valence-electron chi connectivity index (χ2n) is 4.19. The number of aliphatic hydroxyl groups is 2. The maximum Gasteiger partial charge on any atom is 0.338 e. The van der Waals surface area contributed by atoms with Crippen molar-refractivity contribution in [3.63, 3.8) is 0 Å². The van der Waals surface area contributed by atoms with Gasteiger partial charge in [-0.15, -0.1) is 0 Å². The number of ether oxygens (including phenoxy) is 1. The minimum atomic E-state index is -1.57. The van der Waals surface area contributed by atoms with Crippen LogP contribution in [0.15, 0.2) is 0 Å². The van der Waals surface area contributed by atoms with Crippen LogP contribution >= 0.6 is 0 Å². The van der Waals surface area contributed by atoms with Crippen molar-refractivity contribution < 1.29 is 19.7 Å². The standard InChI is InChI=1S/C10H21NO4/c1-5-9(2,7-12)11-6-10(3,14)8(13)15-4/h11-12,14H,5-7H2,1-4H3. The maximum absolute atomic E-state index is 11.2. The quantitative estimate of drug-likeness (QED) is 0.533. The van der Waals surface area contributed by atoms with Gasteiger partial charge in [0.05, 0.1) is 13.7 Å². The molecule has 0 aromatic rings. The Balaban J connectivity index is 4.30. The molecule has 5 nitrogen and oxygen atoms in total. The number of carbonyl (C=O) groups excluding carboxylic acids is 1. The molecule has 0 radical (unpaired) electrons. The Morgan fingerprint density at radius 1 is 1.47 bits per heavy atom. The first-order valence-electron chi connectivity index (χ1n) is 4.98. The second kappa shape index (κ2) is 5.44. The number of hydrogen-bond acceptors (Lipinski definition) is 5. The third-order valence-electron chi connectivity index (χ3n) is 2.61. The zero-order valence-corrected chi connectivity index (χ0v) is 9.83. The Kier molecular flexibility index (Phi) is 5.20. The smallest absolute Gasteiger partial charge is 0.338 e. The van der Waals surface area contributed by atoms with Crippen molar-refractivity contribution in [2.75, 3.05) is 20.3 Å². The molecule has 0 fully saturated rings. The highest BCUT2D eigenvalue weighted by molar-refractivity contribution is 5.78. The van der Waals surface area contributed by atoms with Gasteiger partial charge in [0.25, 0.3) is 0 Å². The zero-order chi connectivity index (χ0) is 12.1. The van der Waals surface area contributed by atoms with Gasteiger partial charge in [0, 0.05) is 12.1 Å². The summed E-state index contributed by atoms with van der Waals surface area (Å²) in [6.45, 7) is 5.10. The average molecular weight is 219 g/mol. The lowest BCUT2D eigenvalue weighted by Crippen LogP contribution is -2.54. The molecule has 0 aromatic heterocycles. The van der Waals surface area contributed by atoms with Gasteiger partial charge in [-0.1, -0.05) is 6.92 Å². The van der Waals surface area contributed by atoms with Gasteiger partial charge < -0.3 is 20.3 Å². The van der Waals surface area contributed by atoms with Crippen LogP contribution in [0.1, 0.15) is 27.2 Å². The molecule has 0 saturated heterocycles. The minimum Gasteiger partial charge on any atom is -0.467 e. The molecule has 0 spiro atoms. The highest BCUT2D eigenvalue weighted by atomic mass is 16.5. The molecule has 5 heteroatoms. The van der Waals surface area contributed by atoms with Crippen molar-refractivity contribution in [3.05, 3.63) is 0 Å². The first-order chi connectivity index (χ1) is 6.81. The number of methoxy groups -OCH3 is 1. The summed E-state index contributed by atoms with van der Waals surface area (Å²) in [5, 5.41) is 21.8. The number of nitrogens with one attached hydrogen (secondary N) is 1. The lowest BCUT2D eigenvalue weighted by atomic mass is 9.98. The molecule has 2 unspecified atom stereocenters. The van der Waals surface area contributed by atoms with E-state index >= 15 is 0 Å². The predicted octanol–water partition coefficient (Wildman–Crippen LogP) is -0.339. The number of β-amino-alcohol motifs (C(OH)–C–C–N with tert-alkyl or cyclic N) is 1. The number of carbonyl (C=O) groups is 1. The van der Waals surface area contributed by atoms with E-state index in [0.29, 0.717) is 6.42 Å². The highest BCUT2D eigenvalue weighted by Gasteiger charge is 2.33. The van der Waals surface area contributed by atoms with Crippen LogP contribution in [0.3, 0.4) is 0 Å². The van der Waals surface area contributed by atoms with Crippen LogP contribution in [-0.4, -0.2) is 47.6 Å². The zero-order valence-electron chi connectivity index (χ0n) is 9.83. The summed E-state index contributed by atoms with van der Waals surface area (Å²) in [6, 6.07) is 0. The summed E-state index contributed by atoms with van der Waals surface area (Å²) in [7, 11) is 1.22. The van der Waals surface area contributed by atoms with Crippen LogP contribution in [0.4, 0.5) is 0 Å². The Labute approximate surface area is 90.4 Å². The van der Waals surface area contributed by atoms with Crippen molar-refractivity contribution in [1.82, 2.24) is 5.32 Å². The van der Waals surface area contributed by atoms with Crippen molar-refractivity contribution in [1.29, 1.82) is 0 Å². The summed E-state index contributed by atoms with van der Waals surface area (Å²) in [6.07, 6.45) is 0.695. The van der Waals surface area contributed by atoms with E-state index < -0.39 is 17.1 Å². The molecule has 3 N–H and O–H groups in total. The fraction of sp³-hybridized carbons (Fsp3) is 0.900. The summed E-state index contributed by atoms with van der Waals surface area (Å²) in [5.41, 5.74) is -2.06. The monoisotopic (exact) mass is 219 g/mol. The van der Waals surface area contributed by atoms with Crippen molar-refractivity contribution >= 4 is 5.97 Å². The molecular weight excluding hydrogens is 198 g/mol. The Bertz CT molecular complexity index is 211.